The molecule has 0 spiro atoms. The fourth-order valence-electron chi connectivity index (χ4n) is 2.69. The van der Waals surface area contributed by atoms with E-state index in [1.165, 1.54) is 16.7 Å². The smallest absolute Gasteiger partial charge is 0.126 e. The summed E-state index contributed by atoms with van der Waals surface area (Å²) in [5.74, 6) is 0.952. The zero-order valence-electron chi connectivity index (χ0n) is 20.8. The van der Waals surface area contributed by atoms with Crippen molar-refractivity contribution in [3.63, 3.8) is 0 Å². The van der Waals surface area contributed by atoms with E-state index in [9.17, 15) is 0 Å². The van der Waals surface area contributed by atoms with Crippen LogP contribution in [0.1, 0.15) is 57.7 Å². The van der Waals surface area contributed by atoms with Crippen LogP contribution in [0.3, 0.4) is 0 Å². The lowest BCUT2D eigenvalue weighted by atomic mass is 10.0. The molecule has 1 N–H and O–H groups in total. The van der Waals surface area contributed by atoms with Gasteiger partial charge in [-0.3, -0.25) is 0 Å². The molecule has 31 heavy (non-hydrogen) atoms. The second-order valence-corrected chi connectivity index (χ2v) is 6.14. The Morgan fingerprint density at radius 2 is 1.48 bits per heavy atom. The van der Waals surface area contributed by atoms with Crippen molar-refractivity contribution in [1.82, 2.24) is 0 Å². The number of allylic oxidation sites excluding steroid dienone is 3. The van der Waals surface area contributed by atoms with Crippen molar-refractivity contribution in [2.75, 3.05) is 14.2 Å². The largest absolute Gasteiger partial charge is 0.496 e. The minimum Gasteiger partial charge on any atom is -0.496 e. The maximum atomic E-state index is 7.00. The third kappa shape index (κ3) is 11.2. The number of hydrogen-bond donors (Lipinski definition) is 1. The lowest BCUT2D eigenvalue weighted by molar-refractivity contribution is 0.399. The molecule has 3 rings (SSSR count). The molecular weight excluding hydrogens is 380 g/mol. The standard InChI is InChI=1S/C13H14O.C11H12.2C2H6.CH4O/c1-10-8-9-13(14-2)12-7-5-3-4-6-11(10)12;1-9(2)8-11-7-5-4-6-10(11)3;3*1-2/h4-9H,3H2,1-2H3;4-8H,1,3H2,2H3;2*1-2H3;2H,1H3/b;11-8-;;;. The van der Waals surface area contributed by atoms with Crippen LogP contribution in [-0.4, -0.2) is 19.3 Å². The van der Waals surface area contributed by atoms with Crippen molar-refractivity contribution in [3.8, 4) is 5.75 Å². The maximum absolute atomic E-state index is 7.00. The van der Waals surface area contributed by atoms with E-state index in [2.05, 4.69) is 50.5 Å². The van der Waals surface area contributed by atoms with Gasteiger partial charge < -0.3 is 9.84 Å². The van der Waals surface area contributed by atoms with Crippen LogP contribution in [0.5, 0.6) is 5.75 Å². The molecule has 2 heteroatoms. The highest BCUT2D eigenvalue weighted by Crippen LogP contribution is 2.29. The van der Waals surface area contributed by atoms with Gasteiger partial charge in [0.1, 0.15) is 5.75 Å². The van der Waals surface area contributed by atoms with Gasteiger partial charge in [-0.25, -0.2) is 0 Å². The number of rotatable bonds is 2. The number of methoxy groups -OCH3 is 1. The van der Waals surface area contributed by atoms with Crippen LogP contribution >= 0.6 is 0 Å². The Morgan fingerprint density at radius 1 is 0.935 bits per heavy atom. The topological polar surface area (TPSA) is 29.5 Å². The molecule has 1 aliphatic rings. The number of aryl methyl sites for hydroxylation is 1. The molecule has 0 atom stereocenters. The SMILES string of the molecule is C=C(C)/C=c1/ccccc1=C.CC.CC.CO.COc1ccc(C)c2c1C=CCC=C2. The van der Waals surface area contributed by atoms with Gasteiger partial charge in [0, 0.05) is 12.7 Å². The summed E-state index contributed by atoms with van der Waals surface area (Å²) in [6, 6.07) is 12.1. The Hall–Kier alpha value is -2.84. The summed E-state index contributed by atoms with van der Waals surface area (Å²) in [7, 11) is 2.72. The van der Waals surface area contributed by atoms with Crippen LogP contribution in [0.15, 0.2) is 60.7 Å². The highest BCUT2D eigenvalue weighted by atomic mass is 16.5. The summed E-state index contributed by atoms with van der Waals surface area (Å²) < 4.78 is 5.34. The summed E-state index contributed by atoms with van der Waals surface area (Å²) in [5.41, 5.74) is 4.82. The lowest BCUT2D eigenvalue weighted by Gasteiger charge is -2.10. The van der Waals surface area contributed by atoms with E-state index in [1.54, 1.807) is 7.11 Å². The third-order valence-electron chi connectivity index (χ3n) is 3.98. The highest BCUT2D eigenvalue weighted by Gasteiger charge is 2.08. The summed E-state index contributed by atoms with van der Waals surface area (Å²) in [5, 5.41) is 9.20. The van der Waals surface area contributed by atoms with E-state index >= 15 is 0 Å². The first-order valence-electron chi connectivity index (χ1n) is 10.9. The number of aliphatic hydroxyl groups excluding tert-OH is 1. The molecule has 0 radical (unpaired) electrons. The van der Waals surface area contributed by atoms with E-state index in [1.807, 2.05) is 71.0 Å². The van der Waals surface area contributed by atoms with E-state index in [0.717, 1.165) is 35.3 Å². The van der Waals surface area contributed by atoms with E-state index in [0.29, 0.717) is 0 Å². The zero-order valence-corrected chi connectivity index (χ0v) is 20.8. The number of benzene rings is 2. The fraction of sp³-hybridized carbons (Fsp3) is 0.310. The number of hydrogen-bond acceptors (Lipinski definition) is 2. The van der Waals surface area contributed by atoms with Crippen molar-refractivity contribution in [2.24, 2.45) is 0 Å². The Morgan fingerprint density at radius 3 is 2.00 bits per heavy atom. The third-order valence-corrected chi connectivity index (χ3v) is 3.98. The molecule has 2 aromatic rings. The van der Waals surface area contributed by atoms with Crippen LogP contribution < -0.4 is 15.2 Å². The van der Waals surface area contributed by atoms with Gasteiger partial charge in [-0.2, -0.15) is 0 Å². The number of aliphatic hydroxyl groups is 1. The average Bonchev–Trinajstić information content (AvgIpc) is 3.07. The van der Waals surface area contributed by atoms with E-state index in [-0.39, 0.29) is 0 Å². The normalized spacial score (nSPS) is 10.8. The van der Waals surface area contributed by atoms with Crippen molar-refractivity contribution < 1.29 is 9.84 Å². The van der Waals surface area contributed by atoms with Crippen LogP contribution in [0.2, 0.25) is 0 Å². The molecule has 2 aromatic carbocycles. The maximum Gasteiger partial charge on any atom is 0.126 e. The van der Waals surface area contributed by atoms with E-state index < -0.39 is 0 Å². The van der Waals surface area contributed by atoms with Crippen molar-refractivity contribution in [3.05, 3.63) is 87.8 Å². The molecule has 0 bridgehead atoms. The molecule has 0 unspecified atom stereocenters. The Kier molecular flexibility index (Phi) is 18.7. The first-order chi connectivity index (χ1) is 15.0. The minimum absolute atomic E-state index is 0.952. The van der Waals surface area contributed by atoms with Crippen molar-refractivity contribution in [1.29, 1.82) is 0 Å². The average molecular weight is 423 g/mol. The molecule has 0 aliphatic heterocycles. The Labute approximate surface area is 190 Å². The zero-order chi connectivity index (χ0) is 24.2. The van der Waals surface area contributed by atoms with Crippen LogP contribution in [-0.2, 0) is 0 Å². The van der Waals surface area contributed by atoms with Gasteiger partial charge in [0.15, 0.2) is 0 Å². The quantitative estimate of drug-likeness (QED) is 0.595. The highest BCUT2D eigenvalue weighted by molar-refractivity contribution is 5.73. The molecular formula is C29H42O2. The fourth-order valence-corrected chi connectivity index (χ4v) is 2.69. The second-order valence-electron chi connectivity index (χ2n) is 6.14. The van der Waals surface area contributed by atoms with Crippen molar-refractivity contribution in [2.45, 2.75) is 48.0 Å². The van der Waals surface area contributed by atoms with Gasteiger partial charge in [-0.15, -0.1) is 0 Å². The van der Waals surface area contributed by atoms with Crippen LogP contribution in [0.4, 0.5) is 0 Å². The van der Waals surface area contributed by atoms with Gasteiger partial charge in [-0.05, 0) is 47.9 Å². The van der Waals surface area contributed by atoms with Gasteiger partial charge in [-0.1, -0.05) is 107 Å². The summed E-state index contributed by atoms with van der Waals surface area (Å²) in [6.07, 6.45) is 11.7. The molecule has 0 saturated heterocycles. The molecule has 1 aliphatic carbocycles. The Bertz CT molecular complexity index is 918. The predicted molar refractivity (Wildman–Crippen MR) is 142 cm³/mol. The number of fused-ring (bicyclic) bond motifs is 1. The van der Waals surface area contributed by atoms with Gasteiger partial charge in [0.05, 0.1) is 7.11 Å². The first kappa shape index (κ1) is 30.4. The van der Waals surface area contributed by atoms with Gasteiger partial charge >= 0.3 is 0 Å². The van der Waals surface area contributed by atoms with Crippen LogP contribution in [0, 0.1) is 6.92 Å². The summed E-state index contributed by atoms with van der Waals surface area (Å²) in [4.78, 5) is 0. The van der Waals surface area contributed by atoms with Gasteiger partial charge in [0.2, 0.25) is 0 Å². The molecule has 170 valence electrons. The van der Waals surface area contributed by atoms with Crippen molar-refractivity contribution >= 4 is 24.8 Å². The Balaban J connectivity index is 0. The molecule has 2 nitrogen and oxygen atoms in total. The lowest BCUT2D eigenvalue weighted by Crippen LogP contribution is -2.21. The molecule has 0 amide bonds. The molecule has 0 heterocycles. The molecule has 0 fully saturated rings. The molecule has 0 aromatic heterocycles. The number of ether oxygens (including phenoxy) is 1. The van der Waals surface area contributed by atoms with Crippen LogP contribution in [0.25, 0.3) is 24.8 Å². The predicted octanol–water partition coefficient (Wildman–Crippen LogP) is 6.55. The molecule has 0 saturated carbocycles. The van der Waals surface area contributed by atoms with E-state index in [4.69, 9.17) is 9.84 Å². The first-order valence-corrected chi connectivity index (χ1v) is 10.9. The van der Waals surface area contributed by atoms with Gasteiger partial charge in [0.25, 0.3) is 0 Å². The monoisotopic (exact) mass is 422 g/mol. The summed E-state index contributed by atoms with van der Waals surface area (Å²) >= 11 is 0. The second kappa shape index (κ2) is 19.1. The summed E-state index contributed by atoms with van der Waals surface area (Å²) in [6.45, 7) is 19.8. The minimum atomic E-state index is 0.952.